The van der Waals surface area contributed by atoms with Gasteiger partial charge in [0.2, 0.25) is 0 Å². The first-order valence-electron chi connectivity index (χ1n) is 22.7. The van der Waals surface area contributed by atoms with Crippen LogP contribution in [0.4, 0.5) is 0 Å². The zero-order chi connectivity index (χ0) is 50.0. The Hall–Kier alpha value is -7.32. The third kappa shape index (κ3) is 8.17. The molecule has 8 heterocycles. The van der Waals surface area contributed by atoms with E-state index in [0.29, 0.717) is 112 Å². The van der Waals surface area contributed by atoms with E-state index in [1.54, 1.807) is 31.7 Å². The van der Waals surface area contributed by atoms with Gasteiger partial charge in [-0.25, -0.2) is 9.97 Å². The average Bonchev–Trinajstić information content (AvgIpc) is 4.20. The summed E-state index contributed by atoms with van der Waals surface area (Å²) in [5.74, 6) is -0.924. The number of allylic oxidation sites excluding steroid dienone is 2. The smallest absolute Gasteiger partial charge is 0.261 e. The quantitative estimate of drug-likeness (QED) is 0.0964. The number of thiophene rings is 2. The molecule has 0 radical (unpaired) electrons. The fourth-order valence-electron chi connectivity index (χ4n) is 9.04. The summed E-state index contributed by atoms with van der Waals surface area (Å²) >= 11 is 5.33. The van der Waals surface area contributed by atoms with Crippen LogP contribution in [0.25, 0.3) is 55.4 Å². The van der Waals surface area contributed by atoms with E-state index in [-0.39, 0.29) is 58.4 Å². The normalized spacial score (nSPS) is 15.9. The SMILES string of the molecule is CC(C)CN1C(=O)C2=C(c3nc4cc5sc(C6=C7C(=O)N(CC(C)C)C(c8ccc(C=C(C#N)C#N)s8)=C7C(=O)N6CC(C)C)nc5cc4s3)N(CC(C)C)C(=O)C2=C1c1ccc(C=C(C#N)C#N)s1. The van der Waals surface area contributed by atoms with Crippen molar-refractivity contribution < 1.29 is 19.2 Å². The molecule has 0 unspecified atom stereocenters. The maximum atomic E-state index is 14.8. The Morgan fingerprint density at radius 3 is 1.09 bits per heavy atom. The number of carbonyl (C=O) groups excluding carboxylic acids is 4. The summed E-state index contributed by atoms with van der Waals surface area (Å²) in [6.07, 6.45) is 2.99. The monoisotopic (exact) mass is 1000 g/mol. The molecule has 4 aromatic heterocycles. The molecule has 5 aromatic rings. The molecule has 4 aliphatic rings. The third-order valence-corrected chi connectivity index (χ3v) is 15.8. The van der Waals surface area contributed by atoms with Crippen molar-refractivity contribution in [2.45, 2.75) is 55.4 Å². The molecule has 0 N–H and O–H groups in total. The first kappa shape index (κ1) is 47.7. The van der Waals surface area contributed by atoms with Crippen LogP contribution in [-0.2, 0) is 19.2 Å². The molecule has 0 saturated carbocycles. The second kappa shape index (κ2) is 18.5. The van der Waals surface area contributed by atoms with Gasteiger partial charge >= 0.3 is 0 Å². The summed E-state index contributed by atoms with van der Waals surface area (Å²) in [5.41, 5.74) is 4.32. The molecule has 18 heteroatoms. The summed E-state index contributed by atoms with van der Waals surface area (Å²) < 4.78 is 1.54. The van der Waals surface area contributed by atoms with Crippen LogP contribution >= 0.6 is 45.3 Å². The van der Waals surface area contributed by atoms with Gasteiger partial charge in [-0.3, -0.25) is 19.2 Å². The van der Waals surface area contributed by atoms with Gasteiger partial charge in [0.15, 0.2) is 0 Å². The number of fused-ring (bicyclic) bond motifs is 4. The highest BCUT2D eigenvalue weighted by Crippen LogP contribution is 2.52. The summed E-state index contributed by atoms with van der Waals surface area (Å²) in [6, 6.07) is 18.6. The molecule has 70 heavy (non-hydrogen) atoms. The molecule has 4 amide bonds. The lowest BCUT2D eigenvalue weighted by Gasteiger charge is -2.26. The second-order valence-corrected chi connectivity index (χ2v) is 23.2. The van der Waals surface area contributed by atoms with Crippen LogP contribution in [0.5, 0.6) is 0 Å². The summed E-state index contributed by atoms with van der Waals surface area (Å²) in [5, 5.41) is 38.7. The molecule has 4 aliphatic heterocycles. The van der Waals surface area contributed by atoms with E-state index < -0.39 is 0 Å². The summed E-state index contributed by atoms with van der Waals surface area (Å²) in [6.45, 7) is 17.5. The number of benzene rings is 1. The van der Waals surface area contributed by atoms with Gasteiger partial charge in [-0.1, -0.05) is 55.4 Å². The first-order valence-corrected chi connectivity index (χ1v) is 25.9. The number of hydrogen-bond acceptors (Lipinski definition) is 14. The first-order chi connectivity index (χ1) is 33.5. The van der Waals surface area contributed by atoms with E-state index in [2.05, 4.69) is 0 Å². The van der Waals surface area contributed by atoms with Crippen molar-refractivity contribution in [1.29, 1.82) is 21.0 Å². The van der Waals surface area contributed by atoms with Gasteiger partial charge in [-0.05, 0) is 72.2 Å². The molecule has 14 nitrogen and oxygen atoms in total. The number of nitrogens with zero attached hydrogens (tertiary/aromatic N) is 10. The van der Waals surface area contributed by atoms with Gasteiger partial charge in [0.05, 0.1) is 75.3 Å². The van der Waals surface area contributed by atoms with Crippen LogP contribution in [0.3, 0.4) is 0 Å². The average molecular weight is 1000 g/mol. The molecule has 0 saturated heterocycles. The number of carbonyl (C=O) groups is 4. The van der Waals surface area contributed by atoms with Gasteiger partial charge in [0.25, 0.3) is 23.6 Å². The van der Waals surface area contributed by atoms with Crippen LogP contribution < -0.4 is 0 Å². The Labute approximate surface area is 420 Å². The lowest BCUT2D eigenvalue weighted by atomic mass is 10.1. The highest BCUT2D eigenvalue weighted by molar-refractivity contribution is 7.21. The van der Waals surface area contributed by atoms with Crippen molar-refractivity contribution in [3.05, 3.63) is 99.4 Å². The fraction of sp³-hybridized carbons (Fsp3) is 0.308. The number of aromatic nitrogens is 2. The lowest BCUT2D eigenvalue weighted by Crippen LogP contribution is -2.33. The number of nitriles is 4. The molecule has 0 spiro atoms. The third-order valence-electron chi connectivity index (χ3n) is 11.6. The molecule has 0 atom stereocenters. The van der Waals surface area contributed by atoms with Crippen molar-refractivity contribution in [3.63, 3.8) is 0 Å². The predicted molar refractivity (Wildman–Crippen MR) is 274 cm³/mol. The van der Waals surface area contributed by atoms with Crippen LogP contribution in [0.2, 0.25) is 0 Å². The van der Waals surface area contributed by atoms with Gasteiger partial charge in [0.1, 0.15) is 45.4 Å². The minimum absolute atomic E-state index is 0.0521. The van der Waals surface area contributed by atoms with E-state index >= 15 is 0 Å². The molecule has 350 valence electrons. The molecular weight excluding hydrogens is 957 g/mol. The van der Waals surface area contributed by atoms with Crippen molar-refractivity contribution >= 4 is 124 Å². The van der Waals surface area contributed by atoms with Crippen molar-refractivity contribution in [3.8, 4) is 24.3 Å². The lowest BCUT2D eigenvalue weighted by molar-refractivity contribution is -0.124. The van der Waals surface area contributed by atoms with E-state index in [4.69, 9.17) is 9.97 Å². The van der Waals surface area contributed by atoms with Gasteiger partial charge < -0.3 is 19.6 Å². The Morgan fingerprint density at radius 1 is 0.486 bits per heavy atom. The van der Waals surface area contributed by atoms with Crippen molar-refractivity contribution in [2.75, 3.05) is 26.2 Å². The molecule has 0 bridgehead atoms. The zero-order valence-corrected chi connectivity index (χ0v) is 42.8. The Kier molecular flexibility index (Phi) is 12.6. The molecule has 1 aromatic carbocycles. The van der Waals surface area contributed by atoms with Crippen LogP contribution in [-0.4, -0.2) is 79.4 Å². The number of rotatable bonds is 14. The minimum atomic E-state index is -0.292. The van der Waals surface area contributed by atoms with Crippen LogP contribution in [0.15, 0.2) is 69.8 Å². The highest BCUT2D eigenvalue weighted by atomic mass is 32.1. The summed E-state index contributed by atoms with van der Waals surface area (Å²) in [7, 11) is 0. The second-order valence-electron chi connectivity index (χ2n) is 18.9. The van der Waals surface area contributed by atoms with Gasteiger partial charge in [-0.15, -0.1) is 45.3 Å². The van der Waals surface area contributed by atoms with Gasteiger partial charge in [-0.2, -0.15) is 21.0 Å². The largest absolute Gasteiger partial charge is 0.306 e. The highest BCUT2D eigenvalue weighted by Gasteiger charge is 2.52. The van der Waals surface area contributed by atoms with Crippen LogP contribution in [0, 0.1) is 69.0 Å². The Morgan fingerprint density at radius 2 is 0.786 bits per heavy atom. The topological polar surface area (TPSA) is 202 Å². The van der Waals surface area contributed by atoms with E-state index in [0.717, 1.165) is 9.40 Å². The zero-order valence-electron chi connectivity index (χ0n) is 39.5. The molecular formula is C52H44N10O4S4. The Bertz CT molecular complexity index is 3210. The maximum Gasteiger partial charge on any atom is 0.261 e. The van der Waals surface area contributed by atoms with E-state index in [1.165, 1.54) is 57.5 Å². The van der Waals surface area contributed by atoms with Gasteiger partial charge in [0, 0.05) is 35.9 Å². The van der Waals surface area contributed by atoms with Crippen molar-refractivity contribution in [2.24, 2.45) is 23.7 Å². The van der Waals surface area contributed by atoms with Crippen molar-refractivity contribution in [1.82, 2.24) is 29.6 Å². The fourth-order valence-corrected chi connectivity index (χ4v) is 13.1. The van der Waals surface area contributed by atoms with E-state index in [1.807, 2.05) is 104 Å². The number of amides is 4. The molecule has 9 rings (SSSR count). The van der Waals surface area contributed by atoms with Crippen LogP contribution in [0.1, 0.15) is 84.9 Å². The molecule has 0 fully saturated rings. The number of hydrogen-bond donors (Lipinski definition) is 0. The molecule has 0 aliphatic carbocycles. The predicted octanol–water partition coefficient (Wildman–Crippen LogP) is 10.1. The maximum absolute atomic E-state index is 14.8. The van der Waals surface area contributed by atoms with E-state index in [9.17, 15) is 40.2 Å². The number of thiazole rings is 2. The standard InChI is InChI=1S/C52H44N10O4S4/c1-25(2)21-59-43(35-11-9-31(67-35)13-29(17-53)18-54)39-41(51(59)65)45(61(49(39)63)23-27(5)6)47-57-33-15-38-34(16-37(33)69-47)58-48(70-38)46-42-40(50(64)62(46)24-28(7)8)44(60(52(42)66)22-26(3)4)36-12-10-32(68-36)14-30(19-55)20-56/h9-16,25-28H,21-24H2,1-8H3. The summed E-state index contributed by atoms with van der Waals surface area (Å²) in [4.78, 5) is 78.6. The Balaban J connectivity index is 1.18. The minimum Gasteiger partial charge on any atom is -0.306 e.